The number of rotatable bonds is 3. The summed E-state index contributed by atoms with van der Waals surface area (Å²) in [6.07, 6.45) is 7.50. The van der Waals surface area contributed by atoms with Crippen LogP contribution in [0.3, 0.4) is 0 Å². The first-order chi connectivity index (χ1) is 8.19. The van der Waals surface area contributed by atoms with Crippen molar-refractivity contribution in [1.29, 1.82) is 0 Å². The van der Waals surface area contributed by atoms with Crippen LogP contribution in [-0.4, -0.2) is 15.2 Å². The van der Waals surface area contributed by atoms with Crippen molar-refractivity contribution in [2.45, 2.75) is 64.3 Å². The molecule has 0 aliphatic heterocycles. The van der Waals surface area contributed by atoms with Gasteiger partial charge in [-0.25, -0.2) is 0 Å². The van der Waals surface area contributed by atoms with Crippen molar-refractivity contribution >= 4 is 11.6 Å². The highest BCUT2D eigenvalue weighted by molar-refractivity contribution is 6.20. The minimum atomic E-state index is 0.390. The summed E-state index contributed by atoms with van der Waals surface area (Å²) in [7, 11) is 0. The standard InChI is InChI=1S/C14H23ClN2/c1-3-17-14(8-11(2)16-17)10-12-6-4-5-7-13(15)9-12/h8,12-13H,3-7,9-10H2,1-2H3. The molecule has 96 valence electrons. The van der Waals surface area contributed by atoms with Gasteiger partial charge >= 0.3 is 0 Å². The summed E-state index contributed by atoms with van der Waals surface area (Å²) in [6.45, 7) is 5.21. The first-order valence-electron chi connectivity index (χ1n) is 6.86. The Morgan fingerprint density at radius 3 is 2.94 bits per heavy atom. The molecule has 0 radical (unpaired) electrons. The van der Waals surface area contributed by atoms with Gasteiger partial charge in [0.25, 0.3) is 0 Å². The molecule has 0 spiro atoms. The fraction of sp³-hybridized carbons (Fsp3) is 0.786. The Balaban J connectivity index is 2.03. The van der Waals surface area contributed by atoms with E-state index in [0.717, 1.165) is 24.6 Å². The highest BCUT2D eigenvalue weighted by Gasteiger charge is 2.20. The summed E-state index contributed by atoms with van der Waals surface area (Å²) < 4.78 is 2.14. The Bertz CT molecular complexity index is 359. The van der Waals surface area contributed by atoms with Gasteiger partial charge in [-0.15, -0.1) is 11.6 Å². The molecular weight excluding hydrogens is 232 g/mol. The quantitative estimate of drug-likeness (QED) is 0.590. The molecule has 1 aromatic rings. The molecule has 1 aliphatic carbocycles. The molecule has 2 rings (SSSR count). The Hall–Kier alpha value is -0.500. The maximum absolute atomic E-state index is 6.34. The number of aromatic nitrogens is 2. The zero-order valence-corrected chi connectivity index (χ0v) is 11.7. The fourth-order valence-electron chi connectivity index (χ4n) is 2.91. The molecule has 0 aromatic carbocycles. The predicted molar refractivity (Wildman–Crippen MR) is 72.6 cm³/mol. The molecular formula is C14H23ClN2. The van der Waals surface area contributed by atoms with Gasteiger partial charge in [0.1, 0.15) is 0 Å². The normalized spacial score (nSPS) is 25.8. The first kappa shape index (κ1) is 12.9. The lowest BCUT2D eigenvalue weighted by Crippen LogP contribution is -2.12. The molecule has 1 aromatic heterocycles. The fourth-order valence-corrected chi connectivity index (χ4v) is 3.32. The van der Waals surface area contributed by atoms with E-state index < -0.39 is 0 Å². The van der Waals surface area contributed by atoms with Gasteiger partial charge in [-0.3, -0.25) is 4.68 Å². The lowest BCUT2D eigenvalue weighted by atomic mass is 9.94. The molecule has 1 aliphatic rings. The second-order valence-electron chi connectivity index (χ2n) is 5.28. The monoisotopic (exact) mass is 254 g/mol. The Morgan fingerprint density at radius 1 is 1.41 bits per heavy atom. The molecule has 2 atom stereocenters. The number of hydrogen-bond acceptors (Lipinski definition) is 1. The second kappa shape index (κ2) is 5.90. The number of aryl methyl sites for hydroxylation is 2. The van der Waals surface area contributed by atoms with E-state index in [4.69, 9.17) is 11.6 Å². The summed E-state index contributed by atoms with van der Waals surface area (Å²) in [6, 6.07) is 2.23. The number of nitrogens with zero attached hydrogens (tertiary/aromatic N) is 2. The van der Waals surface area contributed by atoms with E-state index >= 15 is 0 Å². The Kier molecular flexibility index (Phi) is 4.49. The van der Waals surface area contributed by atoms with Crippen LogP contribution in [0.2, 0.25) is 0 Å². The zero-order valence-electron chi connectivity index (χ0n) is 11.0. The minimum absolute atomic E-state index is 0.390. The molecule has 1 fully saturated rings. The average Bonchev–Trinajstić information content (AvgIpc) is 2.50. The summed E-state index contributed by atoms with van der Waals surface area (Å²) in [5.41, 5.74) is 2.53. The van der Waals surface area contributed by atoms with E-state index in [1.54, 1.807) is 0 Å². The molecule has 0 amide bonds. The van der Waals surface area contributed by atoms with E-state index in [1.165, 1.54) is 37.8 Å². The van der Waals surface area contributed by atoms with Crippen LogP contribution in [0.4, 0.5) is 0 Å². The average molecular weight is 255 g/mol. The van der Waals surface area contributed by atoms with Crippen LogP contribution in [0.25, 0.3) is 0 Å². The molecule has 3 heteroatoms. The minimum Gasteiger partial charge on any atom is -0.270 e. The van der Waals surface area contributed by atoms with Crippen molar-refractivity contribution in [3.8, 4) is 0 Å². The third-order valence-corrected chi connectivity index (χ3v) is 4.15. The Labute approximate surface area is 109 Å². The molecule has 17 heavy (non-hydrogen) atoms. The van der Waals surface area contributed by atoms with E-state index in [0.29, 0.717) is 5.38 Å². The number of alkyl halides is 1. The van der Waals surface area contributed by atoms with Crippen molar-refractivity contribution in [3.05, 3.63) is 17.5 Å². The molecule has 0 saturated heterocycles. The maximum Gasteiger partial charge on any atom is 0.0596 e. The molecule has 2 nitrogen and oxygen atoms in total. The predicted octanol–water partition coefficient (Wildman–Crippen LogP) is 3.94. The number of halogens is 1. The molecule has 0 bridgehead atoms. The maximum atomic E-state index is 6.34. The van der Waals surface area contributed by atoms with E-state index in [9.17, 15) is 0 Å². The Morgan fingerprint density at radius 2 is 2.18 bits per heavy atom. The third kappa shape index (κ3) is 3.48. The van der Waals surface area contributed by atoms with Crippen molar-refractivity contribution in [2.24, 2.45) is 5.92 Å². The van der Waals surface area contributed by atoms with Crippen LogP contribution < -0.4 is 0 Å². The lowest BCUT2D eigenvalue weighted by Gasteiger charge is -2.16. The van der Waals surface area contributed by atoms with Gasteiger partial charge in [-0.1, -0.05) is 19.3 Å². The molecule has 0 N–H and O–H groups in total. The van der Waals surface area contributed by atoms with Crippen LogP contribution in [-0.2, 0) is 13.0 Å². The van der Waals surface area contributed by atoms with Gasteiger partial charge < -0.3 is 0 Å². The van der Waals surface area contributed by atoms with E-state index in [2.05, 4.69) is 29.7 Å². The molecule has 1 saturated carbocycles. The largest absolute Gasteiger partial charge is 0.270 e. The SMILES string of the molecule is CCn1nc(C)cc1CC1CCCCC(Cl)C1. The van der Waals surface area contributed by atoms with Gasteiger partial charge in [-0.05, 0) is 45.1 Å². The first-order valence-corrected chi connectivity index (χ1v) is 7.30. The summed E-state index contributed by atoms with van der Waals surface area (Å²) in [5, 5.41) is 4.91. The third-order valence-electron chi connectivity index (χ3n) is 3.75. The van der Waals surface area contributed by atoms with Crippen molar-refractivity contribution < 1.29 is 0 Å². The zero-order chi connectivity index (χ0) is 12.3. The van der Waals surface area contributed by atoms with Crippen LogP contribution in [0.1, 0.15) is 50.4 Å². The number of hydrogen-bond donors (Lipinski definition) is 0. The van der Waals surface area contributed by atoms with Gasteiger partial charge in [0.05, 0.1) is 5.69 Å². The van der Waals surface area contributed by atoms with Crippen LogP contribution >= 0.6 is 11.6 Å². The highest BCUT2D eigenvalue weighted by Crippen LogP contribution is 2.29. The smallest absolute Gasteiger partial charge is 0.0596 e. The van der Waals surface area contributed by atoms with E-state index in [-0.39, 0.29) is 0 Å². The summed E-state index contributed by atoms with van der Waals surface area (Å²) in [5.74, 6) is 0.751. The van der Waals surface area contributed by atoms with Gasteiger partial charge in [0.2, 0.25) is 0 Å². The highest BCUT2D eigenvalue weighted by atomic mass is 35.5. The summed E-state index contributed by atoms with van der Waals surface area (Å²) in [4.78, 5) is 0. The molecule has 2 unspecified atom stereocenters. The summed E-state index contributed by atoms with van der Waals surface area (Å²) >= 11 is 6.34. The van der Waals surface area contributed by atoms with Crippen LogP contribution in [0.15, 0.2) is 6.07 Å². The van der Waals surface area contributed by atoms with Gasteiger partial charge in [-0.2, -0.15) is 5.10 Å². The van der Waals surface area contributed by atoms with Crippen molar-refractivity contribution in [3.63, 3.8) is 0 Å². The van der Waals surface area contributed by atoms with Crippen molar-refractivity contribution in [2.75, 3.05) is 0 Å². The lowest BCUT2D eigenvalue weighted by molar-refractivity contribution is 0.441. The van der Waals surface area contributed by atoms with Crippen LogP contribution in [0, 0.1) is 12.8 Å². The van der Waals surface area contributed by atoms with Crippen molar-refractivity contribution in [1.82, 2.24) is 9.78 Å². The van der Waals surface area contributed by atoms with Gasteiger partial charge in [0.15, 0.2) is 0 Å². The molecule has 1 heterocycles. The van der Waals surface area contributed by atoms with E-state index in [1.807, 2.05) is 0 Å². The topological polar surface area (TPSA) is 17.8 Å². The van der Waals surface area contributed by atoms with Gasteiger partial charge in [0, 0.05) is 17.6 Å². The van der Waals surface area contributed by atoms with Crippen LogP contribution in [0.5, 0.6) is 0 Å². The second-order valence-corrected chi connectivity index (χ2v) is 5.90.